The van der Waals surface area contributed by atoms with E-state index < -0.39 is 0 Å². The van der Waals surface area contributed by atoms with E-state index in [0.29, 0.717) is 16.7 Å². The number of rotatable bonds is 8. The number of hydrogen-bond donors (Lipinski definition) is 0. The van der Waals surface area contributed by atoms with Gasteiger partial charge in [-0.25, -0.2) is 0 Å². The first-order valence-electron chi connectivity index (χ1n) is 12.1. The number of ether oxygens (including phenoxy) is 1. The van der Waals surface area contributed by atoms with Crippen molar-refractivity contribution in [3.8, 4) is 5.75 Å². The average Bonchev–Trinajstić information content (AvgIpc) is 3.47. The first-order valence-corrected chi connectivity index (χ1v) is 12.5. The quantitative estimate of drug-likeness (QED) is 0.556. The van der Waals surface area contributed by atoms with Crippen molar-refractivity contribution in [2.75, 3.05) is 26.7 Å². The molecule has 2 aromatic rings. The topological polar surface area (TPSA) is 50.6 Å². The second-order valence-electron chi connectivity index (χ2n) is 9.27. The van der Waals surface area contributed by atoms with Crippen LogP contribution in [0.2, 0.25) is 5.02 Å². The van der Waals surface area contributed by atoms with Crippen molar-refractivity contribution in [1.29, 1.82) is 0 Å². The first-order chi connectivity index (χ1) is 16.6. The molecule has 7 heteroatoms. The van der Waals surface area contributed by atoms with Crippen molar-refractivity contribution in [1.82, 2.24) is 19.4 Å². The minimum Gasteiger partial charge on any atom is -0.487 e. The van der Waals surface area contributed by atoms with Crippen LogP contribution >= 0.6 is 11.6 Å². The Morgan fingerprint density at radius 1 is 1.18 bits per heavy atom. The third kappa shape index (κ3) is 5.13. The smallest absolute Gasteiger partial charge is 0.258 e. The summed E-state index contributed by atoms with van der Waals surface area (Å²) in [7, 11) is 2.17. The SMILES string of the molecule is CN1C(CCCN2CCCC2)=CC2C=CC(n3ccc(OCc4ccc(Cl)cn4)cc3=O)=CC21. The van der Waals surface area contributed by atoms with Crippen LogP contribution in [0.1, 0.15) is 31.4 Å². The van der Waals surface area contributed by atoms with Crippen molar-refractivity contribution in [2.24, 2.45) is 5.92 Å². The third-order valence-corrected chi connectivity index (χ3v) is 7.18. The van der Waals surface area contributed by atoms with E-state index in [4.69, 9.17) is 16.3 Å². The molecule has 1 fully saturated rings. The minimum atomic E-state index is -0.115. The summed E-state index contributed by atoms with van der Waals surface area (Å²) < 4.78 is 7.43. The van der Waals surface area contributed by atoms with E-state index in [-0.39, 0.29) is 18.2 Å². The molecule has 2 aliphatic heterocycles. The summed E-state index contributed by atoms with van der Waals surface area (Å²) >= 11 is 5.87. The number of allylic oxidation sites excluding steroid dienone is 3. The first kappa shape index (κ1) is 22.9. The Morgan fingerprint density at radius 2 is 2.03 bits per heavy atom. The molecule has 178 valence electrons. The molecule has 3 aliphatic rings. The van der Waals surface area contributed by atoms with Gasteiger partial charge in [-0.1, -0.05) is 23.8 Å². The van der Waals surface area contributed by atoms with Gasteiger partial charge in [0, 0.05) is 42.8 Å². The molecule has 0 aromatic carbocycles. The Hall–Kier alpha value is -2.83. The second-order valence-corrected chi connectivity index (χ2v) is 9.70. The Balaban J connectivity index is 1.21. The van der Waals surface area contributed by atoms with Crippen molar-refractivity contribution in [2.45, 2.75) is 38.3 Å². The molecule has 4 heterocycles. The maximum Gasteiger partial charge on any atom is 0.258 e. The van der Waals surface area contributed by atoms with E-state index in [2.05, 4.69) is 46.1 Å². The Bertz CT molecular complexity index is 1160. The van der Waals surface area contributed by atoms with Crippen molar-refractivity contribution >= 4 is 17.3 Å². The van der Waals surface area contributed by atoms with Crippen LogP contribution in [-0.4, -0.2) is 52.1 Å². The molecule has 6 nitrogen and oxygen atoms in total. The van der Waals surface area contributed by atoms with E-state index in [1.165, 1.54) is 50.7 Å². The lowest BCUT2D eigenvalue weighted by molar-refractivity contribution is 0.300. The molecule has 0 amide bonds. The lowest BCUT2D eigenvalue weighted by atomic mass is 9.95. The summed E-state index contributed by atoms with van der Waals surface area (Å²) in [5, 5.41) is 0.583. The number of nitrogens with zero attached hydrogens (tertiary/aromatic N) is 4. The number of likely N-dealkylation sites (tertiary alicyclic amines) is 1. The van der Waals surface area contributed by atoms with Gasteiger partial charge < -0.3 is 14.5 Å². The standard InChI is InChI=1S/C27H31ClN4O2/c1-30-23(5-4-13-31-11-2-3-12-31)15-20-6-9-24(16-26(20)30)32-14-10-25(17-27(32)33)34-19-22-8-7-21(28)18-29-22/h6-10,14-18,20,26H,2-5,11-13,19H2,1H3. The molecule has 0 bridgehead atoms. The van der Waals surface area contributed by atoms with Crippen LogP contribution in [0.5, 0.6) is 5.75 Å². The second kappa shape index (κ2) is 10.2. The van der Waals surface area contributed by atoms with Gasteiger partial charge in [0.2, 0.25) is 0 Å². The van der Waals surface area contributed by atoms with Crippen molar-refractivity contribution in [3.05, 3.63) is 87.7 Å². The maximum atomic E-state index is 12.8. The minimum absolute atomic E-state index is 0.115. The molecule has 1 saturated heterocycles. The maximum absolute atomic E-state index is 12.8. The molecule has 0 spiro atoms. The van der Waals surface area contributed by atoms with E-state index in [1.807, 2.05) is 12.1 Å². The predicted octanol–water partition coefficient (Wildman–Crippen LogP) is 4.58. The fourth-order valence-electron chi connectivity index (χ4n) is 5.04. The van der Waals surface area contributed by atoms with Gasteiger partial charge in [-0.15, -0.1) is 0 Å². The molecule has 5 rings (SSSR count). The molecule has 1 aliphatic carbocycles. The zero-order valence-electron chi connectivity index (χ0n) is 19.6. The highest BCUT2D eigenvalue weighted by Gasteiger charge is 2.31. The van der Waals surface area contributed by atoms with E-state index in [9.17, 15) is 4.79 Å². The van der Waals surface area contributed by atoms with E-state index in [0.717, 1.165) is 17.8 Å². The number of aromatic nitrogens is 2. The van der Waals surface area contributed by atoms with Gasteiger partial charge >= 0.3 is 0 Å². The van der Waals surface area contributed by atoms with Crippen LogP contribution in [0.15, 0.2) is 71.5 Å². The van der Waals surface area contributed by atoms with Gasteiger partial charge in [0.05, 0.1) is 16.8 Å². The number of hydrogen-bond acceptors (Lipinski definition) is 5. The van der Waals surface area contributed by atoms with Crippen molar-refractivity contribution < 1.29 is 4.74 Å². The fourth-order valence-corrected chi connectivity index (χ4v) is 5.16. The van der Waals surface area contributed by atoms with Gasteiger partial charge in [0.1, 0.15) is 12.4 Å². The molecular formula is C27H31ClN4O2. The number of fused-ring (bicyclic) bond motifs is 1. The zero-order chi connectivity index (χ0) is 23.5. The molecule has 34 heavy (non-hydrogen) atoms. The van der Waals surface area contributed by atoms with Crippen molar-refractivity contribution in [3.63, 3.8) is 0 Å². The van der Waals surface area contributed by atoms with E-state index >= 15 is 0 Å². The Kier molecular flexibility index (Phi) is 6.88. The van der Waals surface area contributed by atoms with Gasteiger partial charge in [0.25, 0.3) is 5.56 Å². The monoisotopic (exact) mass is 478 g/mol. The van der Waals surface area contributed by atoms with Crippen LogP contribution in [0, 0.1) is 5.92 Å². The lowest BCUT2D eigenvalue weighted by Crippen LogP contribution is -2.31. The molecule has 0 saturated carbocycles. The summed E-state index contributed by atoms with van der Waals surface area (Å²) in [5.41, 5.74) is 2.94. The highest BCUT2D eigenvalue weighted by molar-refractivity contribution is 6.30. The summed E-state index contributed by atoms with van der Waals surface area (Å²) in [5.74, 6) is 0.886. The molecule has 0 radical (unpaired) electrons. The highest BCUT2D eigenvalue weighted by atomic mass is 35.5. The van der Waals surface area contributed by atoms with Crippen LogP contribution < -0.4 is 10.3 Å². The number of halogens is 1. The largest absolute Gasteiger partial charge is 0.487 e. The van der Waals surface area contributed by atoms with Gasteiger partial charge in [-0.3, -0.25) is 14.3 Å². The zero-order valence-corrected chi connectivity index (χ0v) is 20.3. The van der Waals surface area contributed by atoms with Gasteiger partial charge in [0.15, 0.2) is 0 Å². The molecule has 2 atom stereocenters. The number of pyridine rings is 2. The van der Waals surface area contributed by atoms with Crippen LogP contribution in [0.4, 0.5) is 0 Å². The van der Waals surface area contributed by atoms with Gasteiger partial charge in [-0.05, 0) is 75.7 Å². The summed E-state index contributed by atoms with van der Waals surface area (Å²) in [6.45, 7) is 3.98. The molecule has 2 unspecified atom stereocenters. The van der Waals surface area contributed by atoms with Gasteiger partial charge in [-0.2, -0.15) is 0 Å². The normalized spacial score (nSPS) is 22.0. The summed E-state index contributed by atoms with van der Waals surface area (Å²) in [4.78, 5) is 22.0. The third-order valence-electron chi connectivity index (χ3n) is 6.96. The molecular weight excluding hydrogens is 448 g/mol. The lowest BCUT2D eigenvalue weighted by Gasteiger charge is -2.28. The number of likely N-dealkylation sites (N-methyl/N-ethyl adjacent to an activating group) is 1. The van der Waals surface area contributed by atoms with Crippen LogP contribution in [0.25, 0.3) is 5.70 Å². The fraction of sp³-hybridized carbons (Fsp3) is 0.407. The van der Waals surface area contributed by atoms with Crippen LogP contribution in [0.3, 0.4) is 0 Å². The van der Waals surface area contributed by atoms with E-state index in [1.54, 1.807) is 23.0 Å². The Morgan fingerprint density at radius 3 is 2.79 bits per heavy atom. The molecule has 0 N–H and O–H groups in total. The summed E-state index contributed by atoms with van der Waals surface area (Å²) in [6, 6.07) is 7.18. The molecule has 2 aromatic heterocycles. The van der Waals surface area contributed by atoms with Crippen LogP contribution in [-0.2, 0) is 6.61 Å². The average molecular weight is 479 g/mol. The highest BCUT2D eigenvalue weighted by Crippen LogP contribution is 2.34. The summed E-state index contributed by atoms with van der Waals surface area (Å²) in [6.07, 6.45) is 17.2. The predicted molar refractivity (Wildman–Crippen MR) is 136 cm³/mol. The Labute approximate surface area is 205 Å².